The first kappa shape index (κ1) is 15.1. The summed E-state index contributed by atoms with van der Waals surface area (Å²) < 4.78 is 43.4. The minimum atomic E-state index is -4.45. The Morgan fingerprint density at radius 2 is 1.91 bits per heavy atom. The van der Waals surface area contributed by atoms with Gasteiger partial charge in [0.05, 0.1) is 17.5 Å². The molecule has 0 unspecified atom stereocenters. The summed E-state index contributed by atoms with van der Waals surface area (Å²) in [5.41, 5.74) is 2.36. The van der Waals surface area contributed by atoms with E-state index < -0.39 is 11.7 Å². The molecule has 0 aliphatic rings. The van der Waals surface area contributed by atoms with Crippen molar-refractivity contribution >= 4 is 22.5 Å². The van der Waals surface area contributed by atoms with Crippen LogP contribution in [0.15, 0.2) is 64.2 Å². The zero-order valence-corrected chi connectivity index (χ0v) is 11.6. The molecule has 0 bridgehead atoms. The molecule has 118 valence electrons. The van der Waals surface area contributed by atoms with Crippen LogP contribution in [0.5, 0.6) is 0 Å². The number of nitrogens with one attached hydrogen (secondary N) is 1. The minimum absolute atomic E-state index is 0.0347. The molecule has 1 aromatic heterocycles. The van der Waals surface area contributed by atoms with Crippen molar-refractivity contribution in [2.24, 2.45) is 4.99 Å². The summed E-state index contributed by atoms with van der Waals surface area (Å²) in [4.78, 5) is 4.04. The molecule has 0 atom stereocenters. The second kappa shape index (κ2) is 5.77. The molecule has 3 aromatic rings. The molecule has 0 aliphatic carbocycles. The largest absolute Gasteiger partial charge is 0.464 e. The molecule has 3 rings (SSSR count). The standard InChI is InChI=1S/C16H11F3N2O2/c17-16(18,19)12-2-1-3-13(9-12)20-15(21-22)11-4-5-14-10(8-11)6-7-23-14/h1-9,22H,(H,20,21). The smallest absolute Gasteiger partial charge is 0.416 e. The number of hydrogen-bond acceptors (Lipinski definition) is 3. The summed E-state index contributed by atoms with van der Waals surface area (Å²) in [6.45, 7) is 0. The summed E-state index contributed by atoms with van der Waals surface area (Å²) in [7, 11) is 0. The SMILES string of the molecule is ONC(=Nc1cccc(C(F)(F)F)c1)c1ccc2occc2c1. The fourth-order valence-corrected chi connectivity index (χ4v) is 2.15. The lowest BCUT2D eigenvalue weighted by Crippen LogP contribution is -2.19. The fourth-order valence-electron chi connectivity index (χ4n) is 2.15. The Morgan fingerprint density at radius 1 is 1.09 bits per heavy atom. The van der Waals surface area contributed by atoms with Crippen molar-refractivity contribution in [3.05, 3.63) is 65.9 Å². The summed E-state index contributed by atoms with van der Waals surface area (Å²) >= 11 is 0. The van der Waals surface area contributed by atoms with Gasteiger partial charge in [0.25, 0.3) is 0 Å². The summed E-state index contributed by atoms with van der Waals surface area (Å²) in [5.74, 6) is 0.0347. The number of benzene rings is 2. The van der Waals surface area contributed by atoms with Crippen molar-refractivity contribution in [2.45, 2.75) is 6.18 Å². The fraction of sp³-hybridized carbons (Fsp3) is 0.0625. The van der Waals surface area contributed by atoms with E-state index in [9.17, 15) is 18.4 Å². The normalized spacial score (nSPS) is 12.6. The first-order valence-corrected chi connectivity index (χ1v) is 6.61. The van der Waals surface area contributed by atoms with Gasteiger partial charge in [0.2, 0.25) is 0 Å². The van der Waals surface area contributed by atoms with Crippen molar-refractivity contribution in [2.75, 3.05) is 0 Å². The molecule has 0 saturated heterocycles. The van der Waals surface area contributed by atoms with Gasteiger partial charge in [-0.15, -0.1) is 0 Å². The van der Waals surface area contributed by atoms with Crippen LogP contribution in [0.2, 0.25) is 0 Å². The predicted molar refractivity (Wildman–Crippen MR) is 78.8 cm³/mol. The lowest BCUT2D eigenvalue weighted by Gasteiger charge is -2.08. The summed E-state index contributed by atoms with van der Waals surface area (Å²) in [5, 5.41) is 10.1. The van der Waals surface area contributed by atoms with Crippen molar-refractivity contribution < 1.29 is 22.8 Å². The highest BCUT2D eigenvalue weighted by Gasteiger charge is 2.30. The summed E-state index contributed by atoms with van der Waals surface area (Å²) in [6, 6.07) is 11.3. The van der Waals surface area contributed by atoms with Crippen LogP contribution < -0.4 is 5.48 Å². The quantitative estimate of drug-likeness (QED) is 0.415. The average Bonchev–Trinajstić information content (AvgIpc) is 2.99. The molecule has 4 nitrogen and oxygen atoms in total. The number of rotatable bonds is 2. The minimum Gasteiger partial charge on any atom is -0.464 e. The zero-order valence-electron chi connectivity index (χ0n) is 11.6. The maximum Gasteiger partial charge on any atom is 0.416 e. The highest BCUT2D eigenvalue weighted by atomic mass is 19.4. The highest BCUT2D eigenvalue weighted by molar-refractivity contribution is 6.02. The van der Waals surface area contributed by atoms with Gasteiger partial charge >= 0.3 is 6.18 Å². The van der Waals surface area contributed by atoms with E-state index in [0.29, 0.717) is 11.1 Å². The molecule has 0 spiro atoms. The molecule has 0 aliphatic heterocycles. The zero-order chi connectivity index (χ0) is 16.4. The van der Waals surface area contributed by atoms with E-state index in [1.807, 2.05) is 5.48 Å². The first-order valence-electron chi connectivity index (χ1n) is 6.61. The first-order chi connectivity index (χ1) is 11.0. The Hall–Kier alpha value is -2.80. The van der Waals surface area contributed by atoms with Crippen LogP contribution in [0.4, 0.5) is 18.9 Å². The van der Waals surface area contributed by atoms with E-state index in [1.54, 1.807) is 24.3 Å². The van der Waals surface area contributed by atoms with Gasteiger partial charge in [-0.25, -0.2) is 4.99 Å². The van der Waals surface area contributed by atoms with Crippen LogP contribution in [-0.2, 0) is 6.18 Å². The van der Waals surface area contributed by atoms with E-state index in [-0.39, 0.29) is 11.5 Å². The lowest BCUT2D eigenvalue weighted by molar-refractivity contribution is -0.137. The molecule has 0 saturated carbocycles. The van der Waals surface area contributed by atoms with E-state index in [4.69, 9.17) is 4.42 Å². The van der Waals surface area contributed by atoms with Crippen LogP contribution in [0, 0.1) is 0 Å². The molecule has 1 heterocycles. The number of hydrogen-bond donors (Lipinski definition) is 2. The van der Waals surface area contributed by atoms with E-state index in [0.717, 1.165) is 17.5 Å². The van der Waals surface area contributed by atoms with Gasteiger partial charge in [-0.1, -0.05) is 6.07 Å². The molecule has 0 amide bonds. The van der Waals surface area contributed by atoms with Gasteiger partial charge in [0.15, 0.2) is 5.84 Å². The number of fused-ring (bicyclic) bond motifs is 1. The van der Waals surface area contributed by atoms with Crippen molar-refractivity contribution in [3.63, 3.8) is 0 Å². The third kappa shape index (κ3) is 3.19. The number of alkyl halides is 3. The average molecular weight is 320 g/mol. The second-order valence-corrected chi connectivity index (χ2v) is 4.79. The maximum absolute atomic E-state index is 12.7. The molecular weight excluding hydrogens is 309 g/mol. The number of furan rings is 1. The topological polar surface area (TPSA) is 57.8 Å². The molecule has 2 aromatic carbocycles. The Balaban J connectivity index is 2.01. The van der Waals surface area contributed by atoms with Crippen molar-refractivity contribution in [1.82, 2.24) is 5.48 Å². The number of amidine groups is 1. The van der Waals surface area contributed by atoms with E-state index in [2.05, 4.69) is 4.99 Å². The van der Waals surface area contributed by atoms with Crippen LogP contribution in [0.25, 0.3) is 11.0 Å². The van der Waals surface area contributed by atoms with Crippen molar-refractivity contribution in [1.29, 1.82) is 0 Å². The van der Waals surface area contributed by atoms with Gasteiger partial charge < -0.3 is 4.42 Å². The third-order valence-electron chi connectivity index (χ3n) is 3.25. The van der Waals surface area contributed by atoms with Crippen LogP contribution in [-0.4, -0.2) is 11.0 Å². The van der Waals surface area contributed by atoms with E-state index >= 15 is 0 Å². The Labute approximate surface area is 128 Å². The van der Waals surface area contributed by atoms with Crippen LogP contribution >= 0.6 is 0 Å². The second-order valence-electron chi connectivity index (χ2n) is 4.79. The molecular formula is C16H11F3N2O2. The van der Waals surface area contributed by atoms with Crippen molar-refractivity contribution in [3.8, 4) is 0 Å². The van der Waals surface area contributed by atoms with Crippen LogP contribution in [0.1, 0.15) is 11.1 Å². The number of aliphatic imine (C=N–C) groups is 1. The van der Waals surface area contributed by atoms with Gasteiger partial charge in [-0.3, -0.25) is 10.7 Å². The molecule has 23 heavy (non-hydrogen) atoms. The molecule has 2 N–H and O–H groups in total. The molecule has 0 radical (unpaired) electrons. The monoisotopic (exact) mass is 320 g/mol. The van der Waals surface area contributed by atoms with Gasteiger partial charge in [0.1, 0.15) is 5.58 Å². The lowest BCUT2D eigenvalue weighted by atomic mass is 10.1. The van der Waals surface area contributed by atoms with E-state index in [1.165, 1.54) is 18.4 Å². The third-order valence-corrected chi connectivity index (χ3v) is 3.25. The molecule has 0 fully saturated rings. The maximum atomic E-state index is 12.7. The van der Waals surface area contributed by atoms with Gasteiger partial charge in [-0.2, -0.15) is 13.2 Å². The van der Waals surface area contributed by atoms with Crippen LogP contribution in [0.3, 0.4) is 0 Å². The molecule has 7 heteroatoms. The predicted octanol–water partition coefficient (Wildman–Crippen LogP) is 4.51. The number of halogens is 3. The highest BCUT2D eigenvalue weighted by Crippen LogP contribution is 2.31. The number of hydroxylamine groups is 1. The summed E-state index contributed by atoms with van der Waals surface area (Å²) in [6.07, 6.45) is -2.93. The Kier molecular flexibility index (Phi) is 3.79. The van der Waals surface area contributed by atoms with Gasteiger partial charge in [0, 0.05) is 10.9 Å². The Morgan fingerprint density at radius 3 is 2.65 bits per heavy atom. The number of nitrogens with zero attached hydrogens (tertiary/aromatic N) is 1. The Bertz CT molecular complexity index is 869. The van der Waals surface area contributed by atoms with Gasteiger partial charge in [-0.05, 0) is 42.5 Å².